The van der Waals surface area contributed by atoms with Crippen LogP contribution in [0.5, 0.6) is 5.75 Å². The molecule has 2 aromatic rings. The van der Waals surface area contributed by atoms with Crippen molar-refractivity contribution in [3.63, 3.8) is 0 Å². The zero-order valence-electron chi connectivity index (χ0n) is 12.5. The van der Waals surface area contributed by atoms with Crippen molar-refractivity contribution in [1.29, 1.82) is 0 Å². The minimum absolute atomic E-state index is 0.0404. The summed E-state index contributed by atoms with van der Waals surface area (Å²) in [5, 5.41) is 0.704. The van der Waals surface area contributed by atoms with Gasteiger partial charge in [-0.05, 0) is 42.3 Å². The summed E-state index contributed by atoms with van der Waals surface area (Å²) in [5.41, 5.74) is 2.71. The Morgan fingerprint density at radius 2 is 1.67 bits per heavy atom. The van der Waals surface area contributed by atoms with E-state index in [-0.39, 0.29) is 11.9 Å². The van der Waals surface area contributed by atoms with Gasteiger partial charge in [0.1, 0.15) is 11.9 Å². The maximum absolute atomic E-state index is 12.0. The van der Waals surface area contributed by atoms with Gasteiger partial charge in [-0.2, -0.15) is 0 Å². The first-order chi connectivity index (χ1) is 10.1. The van der Waals surface area contributed by atoms with E-state index in [0.717, 1.165) is 11.1 Å². The van der Waals surface area contributed by atoms with E-state index in [4.69, 9.17) is 16.3 Å². The largest absolute Gasteiger partial charge is 0.489 e. The Hall–Kier alpha value is -1.80. The van der Waals surface area contributed by atoms with Crippen LogP contribution in [0.1, 0.15) is 37.6 Å². The van der Waals surface area contributed by atoms with Crippen molar-refractivity contribution in [2.45, 2.75) is 33.3 Å². The van der Waals surface area contributed by atoms with Crippen molar-refractivity contribution < 1.29 is 9.53 Å². The summed E-state index contributed by atoms with van der Waals surface area (Å²) in [7, 11) is 0. The summed E-state index contributed by atoms with van der Waals surface area (Å²) in [6, 6.07) is 13.3. The van der Waals surface area contributed by atoms with Crippen molar-refractivity contribution in [3.8, 4) is 16.9 Å². The van der Waals surface area contributed by atoms with Gasteiger partial charge in [-0.15, -0.1) is 0 Å². The Morgan fingerprint density at radius 1 is 1.05 bits per heavy atom. The van der Waals surface area contributed by atoms with Crippen LogP contribution in [-0.2, 0) is 0 Å². The number of hydrogen-bond acceptors (Lipinski definition) is 2. The predicted octanol–water partition coefficient (Wildman–Crippen LogP) is 5.39. The molecule has 0 fully saturated rings. The summed E-state index contributed by atoms with van der Waals surface area (Å²) < 4.78 is 5.67. The number of Topliss-reactive ketones (excluding diaryl/α,β-unsaturated/α-hetero) is 1. The highest BCUT2D eigenvalue weighted by Gasteiger charge is 2.23. The predicted molar refractivity (Wildman–Crippen MR) is 87.3 cm³/mol. The third-order valence-electron chi connectivity index (χ3n) is 3.26. The Morgan fingerprint density at radius 3 is 2.33 bits per heavy atom. The van der Waals surface area contributed by atoms with Gasteiger partial charge in [0.05, 0.1) is 5.56 Å². The summed E-state index contributed by atoms with van der Waals surface area (Å²) in [5.74, 6) is 0.825. The van der Waals surface area contributed by atoms with Gasteiger partial charge >= 0.3 is 0 Å². The van der Waals surface area contributed by atoms with Crippen molar-refractivity contribution >= 4 is 17.4 Å². The molecule has 0 amide bonds. The number of fused-ring (bicyclic) bond motifs is 1. The first-order valence-electron chi connectivity index (χ1n) is 7.23. The fourth-order valence-electron chi connectivity index (χ4n) is 2.30. The van der Waals surface area contributed by atoms with Gasteiger partial charge in [0.25, 0.3) is 0 Å². The molecule has 0 aliphatic carbocycles. The van der Waals surface area contributed by atoms with Crippen LogP contribution in [-0.4, -0.2) is 11.9 Å². The van der Waals surface area contributed by atoms with Crippen LogP contribution in [0.25, 0.3) is 11.1 Å². The van der Waals surface area contributed by atoms with Gasteiger partial charge < -0.3 is 4.74 Å². The van der Waals surface area contributed by atoms with Gasteiger partial charge in [-0.25, -0.2) is 0 Å². The van der Waals surface area contributed by atoms with E-state index in [0.29, 0.717) is 22.8 Å². The summed E-state index contributed by atoms with van der Waals surface area (Å²) in [4.78, 5) is 12.0. The molecule has 2 aromatic carbocycles. The highest BCUT2D eigenvalue weighted by atomic mass is 35.5. The SMILES string of the molecule is CC.CC1CC(=O)c2cc(-c3ccc(Cl)cc3)ccc2O1. The molecule has 1 heterocycles. The van der Waals surface area contributed by atoms with E-state index in [1.807, 2.05) is 63.2 Å². The van der Waals surface area contributed by atoms with Crippen molar-refractivity contribution in [2.24, 2.45) is 0 Å². The molecular formula is C18H19ClO2. The summed E-state index contributed by atoms with van der Waals surface area (Å²) in [6.07, 6.45) is 0.401. The number of benzene rings is 2. The zero-order chi connectivity index (χ0) is 15.4. The van der Waals surface area contributed by atoms with Gasteiger partial charge in [0.2, 0.25) is 0 Å². The molecule has 21 heavy (non-hydrogen) atoms. The average Bonchev–Trinajstić information content (AvgIpc) is 2.50. The lowest BCUT2D eigenvalue weighted by molar-refractivity contribution is 0.0871. The molecule has 0 N–H and O–H groups in total. The number of carbonyl (C=O) groups excluding carboxylic acids is 1. The van der Waals surface area contributed by atoms with Crippen LogP contribution < -0.4 is 4.74 Å². The van der Waals surface area contributed by atoms with Gasteiger partial charge in [0.15, 0.2) is 5.78 Å². The minimum Gasteiger partial charge on any atom is -0.489 e. The van der Waals surface area contributed by atoms with E-state index in [2.05, 4.69) is 0 Å². The van der Waals surface area contributed by atoms with Crippen LogP contribution in [0.2, 0.25) is 5.02 Å². The number of ether oxygens (including phenoxy) is 1. The van der Waals surface area contributed by atoms with Crippen molar-refractivity contribution in [3.05, 3.63) is 53.1 Å². The van der Waals surface area contributed by atoms with E-state index >= 15 is 0 Å². The Bertz CT molecular complexity index is 632. The molecule has 0 saturated carbocycles. The number of halogens is 1. The van der Waals surface area contributed by atoms with E-state index in [1.165, 1.54) is 0 Å². The van der Waals surface area contributed by atoms with Gasteiger partial charge in [0, 0.05) is 11.4 Å². The second-order valence-corrected chi connectivity index (χ2v) is 5.21. The monoisotopic (exact) mass is 302 g/mol. The Kier molecular flexibility index (Phi) is 5.03. The second-order valence-electron chi connectivity index (χ2n) is 4.77. The second kappa shape index (κ2) is 6.77. The third-order valence-corrected chi connectivity index (χ3v) is 3.51. The molecule has 1 aliphatic rings. The Balaban J connectivity index is 0.000000774. The number of ketones is 1. The first-order valence-corrected chi connectivity index (χ1v) is 7.61. The van der Waals surface area contributed by atoms with E-state index in [9.17, 15) is 4.79 Å². The molecule has 0 aromatic heterocycles. The molecule has 0 spiro atoms. The lowest BCUT2D eigenvalue weighted by atomic mass is 9.96. The molecule has 3 heteroatoms. The number of rotatable bonds is 1. The molecular weight excluding hydrogens is 284 g/mol. The molecule has 110 valence electrons. The molecule has 1 atom stereocenters. The number of carbonyl (C=O) groups is 1. The van der Waals surface area contributed by atoms with Crippen LogP contribution in [0, 0.1) is 0 Å². The standard InChI is InChI=1S/C16H13ClO2.C2H6/c1-10-8-15(18)14-9-12(4-7-16(14)19-10)11-2-5-13(17)6-3-11;1-2/h2-7,9-10H,8H2,1H3;1-2H3. The van der Waals surface area contributed by atoms with Crippen LogP contribution in [0.3, 0.4) is 0 Å². The average molecular weight is 303 g/mol. The molecule has 0 saturated heterocycles. The van der Waals surface area contributed by atoms with Gasteiger partial charge in [-0.1, -0.05) is 43.6 Å². The van der Waals surface area contributed by atoms with Crippen molar-refractivity contribution in [1.82, 2.24) is 0 Å². The highest BCUT2D eigenvalue weighted by molar-refractivity contribution is 6.30. The normalized spacial score (nSPS) is 16.4. The van der Waals surface area contributed by atoms with Crippen LogP contribution in [0.4, 0.5) is 0 Å². The Labute approximate surface area is 130 Å². The maximum atomic E-state index is 12.0. The molecule has 0 bridgehead atoms. The quantitative estimate of drug-likeness (QED) is 0.706. The summed E-state index contributed by atoms with van der Waals surface area (Å²) >= 11 is 5.88. The topological polar surface area (TPSA) is 26.3 Å². The molecule has 0 radical (unpaired) electrons. The van der Waals surface area contributed by atoms with Crippen LogP contribution in [0.15, 0.2) is 42.5 Å². The smallest absolute Gasteiger partial charge is 0.170 e. The fourth-order valence-corrected chi connectivity index (χ4v) is 2.43. The van der Waals surface area contributed by atoms with Crippen molar-refractivity contribution in [2.75, 3.05) is 0 Å². The van der Waals surface area contributed by atoms with E-state index in [1.54, 1.807) is 0 Å². The molecule has 2 nitrogen and oxygen atoms in total. The first kappa shape index (κ1) is 15.6. The maximum Gasteiger partial charge on any atom is 0.170 e. The molecule has 3 rings (SSSR count). The third kappa shape index (κ3) is 3.45. The molecule has 1 aliphatic heterocycles. The fraction of sp³-hybridized carbons (Fsp3) is 0.278. The highest BCUT2D eigenvalue weighted by Crippen LogP contribution is 2.32. The summed E-state index contributed by atoms with van der Waals surface area (Å²) in [6.45, 7) is 5.91. The number of hydrogen-bond donors (Lipinski definition) is 0. The lowest BCUT2D eigenvalue weighted by Crippen LogP contribution is -2.23. The lowest BCUT2D eigenvalue weighted by Gasteiger charge is -2.22. The van der Waals surface area contributed by atoms with E-state index < -0.39 is 0 Å². The van der Waals surface area contributed by atoms with Crippen LogP contribution >= 0.6 is 11.6 Å². The zero-order valence-corrected chi connectivity index (χ0v) is 13.3. The molecule has 1 unspecified atom stereocenters. The minimum atomic E-state index is -0.0404. The van der Waals surface area contributed by atoms with Gasteiger partial charge in [-0.3, -0.25) is 4.79 Å².